The van der Waals surface area contributed by atoms with Crippen molar-refractivity contribution in [1.29, 1.82) is 0 Å². The zero-order valence-corrected chi connectivity index (χ0v) is 10.6. The van der Waals surface area contributed by atoms with Crippen molar-refractivity contribution in [2.45, 2.75) is 52.1 Å². The Morgan fingerprint density at radius 2 is 2.12 bits per heavy atom. The number of hydrogen-bond donors (Lipinski definition) is 1. The summed E-state index contributed by atoms with van der Waals surface area (Å²) in [5.41, 5.74) is 0.195. The van der Waals surface area contributed by atoms with Gasteiger partial charge in [-0.2, -0.15) is 0 Å². The molecule has 1 saturated heterocycles. The second kappa shape index (κ2) is 4.02. The van der Waals surface area contributed by atoms with Crippen molar-refractivity contribution in [3.8, 4) is 0 Å². The van der Waals surface area contributed by atoms with Gasteiger partial charge in [0.15, 0.2) is 0 Å². The van der Waals surface area contributed by atoms with Gasteiger partial charge in [-0.3, -0.25) is 4.79 Å². The zero-order chi connectivity index (χ0) is 11.8. The van der Waals surface area contributed by atoms with Gasteiger partial charge in [0.1, 0.15) is 5.60 Å². The summed E-state index contributed by atoms with van der Waals surface area (Å²) in [5, 5.41) is 3.41. The third kappa shape index (κ3) is 2.76. The van der Waals surface area contributed by atoms with Gasteiger partial charge >= 0.3 is 5.97 Å². The van der Waals surface area contributed by atoms with E-state index in [0.717, 1.165) is 13.1 Å². The predicted octanol–water partition coefficient (Wildman–Crippen LogP) is 2.11. The van der Waals surface area contributed by atoms with Crippen molar-refractivity contribution >= 4 is 5.97 Å². The molecule has 0 atom stereocenters. The average molecular weight is 225 g/mol. The fourth-order valence-electron chi connectivity index (χ4n) is 3.07. The highest BCUT2D eigenvalue weighted by Crippen LogP contribution is 2.50. The number of esters is 1. The highest BCUT2D eigenvalue weighted by atomic mass is 16.6. The molecular weight excluding hydrogens is 202 g/mol. The highest BCUT2D eigenvalue weighted by Gasteiger charge is 2.46. The zero-order valence-electron chi connectivity index (χ0n) is 10.6. The second-order valence-corrected chi connectivity index (χ2v) is 6.49. The van der Waals surface area contributed by atoms with Crippen LogP contribution in [0.2, 0.25) is 0 Å². The SMILES string of the molecule is CC(C)(C)OC(=O)CC1CC2(CCNC2)C1. The summed E-state index contributed by atoms with van der Waals surface area (Å²) in [6.07, 6.45) is 4.31. The molecule has 0 aromatic rings. The number of hydrogen-bond acceptors (Lipinski definition) is 3. The molecule has 16 heavy (non-hydrogen) atoms. The molecule has 0 aromatic carbocycles. The lowest BCUT2D eigenvalue weighted by Gasteiger charge is -2.44. The van der Waals surface area contributed by atoms with Crippen LogP contribution < -0.4 is 5.32 Å². The molecule has 1 N–H and O–H groups in total. The van der Waals surface area contributed by atoms with E-state index in [4.69, 9.17) is 4.74 Å². The van der Waals surface area contributed by atoms with Crippen LogP contribution >= 0.6 is 0 Å². The minimum Gasteiger partial charge on any atom is -0.460 e. The standard InChI is InChI=1S/C13H23NO2/c1-12(2,3)16-11(15)6-10-7-13(8-10)4-5-14-9-13/h10,14H,4-9H2,1-3H3. The van der Waals surface area contributed by atoms with Gasteiger partial charge in [-0.1, -0.05) is 0 Å². The summed E-state index contributed by atoms with van der Waals surface area (Å²) in [6.45, 7) is 8.08. The van der Waals surface area contributed by atoms with E-state index in [9.17, 15) is 4.79 Å². The van der Waals surface area contributed by atoms with E-state index in [1.54, 1.807) is 0 Å². The largest absolute Gasteiger partial charge is 0.460 e. The first kappa shape index (κ1) is 11.9. The first-order valence-corrected chi connectivity index (χ1v) is 6.31. The molecule has 2 aliphatic rings. The Morgan fingerprint density at radius 1 is 1.44 bits per heavy atom. The summed E-state index contributed by atoms with van der Waals surface area (Å²) in [4.78, 5) is 11.6. The molecule has 0 radical (unpaired) electrons. The number of carbonyl (C=O) groups is 1. The molecule has 1 aliphatic carbocycles. The maximum atomic E-state index is 11.6. The molecule has 0 amide bonds. The normalized spacial score (nSPS) is 33.8. The molecule has 1 aliphatic heterocycles. The fourth-order valence-corrected chi connectivity index (χ4v) is 3.07. The molecule has 0 bridgehead atoms. The van der Waals surface area contributed by atoms with Gasteiger partial charge in [0.05, 0.1) is 0 Å². The van der Waals surface area contributed by atoms with E-state index in [2.05, 4.69) is 5.32 Å². The summed E-state index contributed by atoms with van der Waals surface area (Å²) < 4.78 is 5.34. The minimum absolute atomic E-state index is 0.0293. The fraction of sp³-hybridized carbons (Fsp3) is 0.923. The maximum absolute atomic E-state index is 11.6. The van der Waals surface area contributed by atoms with Crippen LogP contribution in [0.15, 0.2) is 0 Å². The molecule has 2 rings (SSSR count). The van der Waals surface area contributed by atoms with Gasteiger partial charge in [0, 0.05) is 13.0 Å². The third-order valence-corrected chi connectivity index (χ3v) is 3.65. The molecular formula is C13H23NO2. The van der Waals surface area contributed by atoms with Crippen molar-refractivity contribution in [3.63, 3.8) is 0 Å². The van der Waals surface area contributed by atoms with E-state index in [-0.39, 0.29) is 11.6 Å². The lowest BCUT2D eigenvalue weighted by Crippen LogP contribution is -2.40. The van der Waals surface area contributed by atoms with E-state index >= 15 is 0 Å². The van der Waals surface area contributed by atoms with E-state index in [1.165, 1.54) is 19.3 Å². The number of nitrogens with one attached hydrogen (secondary N) is 1. The monoisotopic (exact) mass is 225 g/mol. The highest BCUT2D eigenvalue weighted by molar-refractivity contribution is 5.70. The average Bonchev–Trinajstić information content (AvgIpc) is 2.47. The van der Waals surface area contributed by atoms with Crippen molar-refractivity contribution in [2.24, 2.45) is 11.3 Å². The van der Waals surface area contributed by atoms with Crippen LogP contribution in [0.4, 0.5) is 0 Å². The molecule has 1 spiro atoms. The first-order chi connectivity index (χ1) is 7.39. The molecule has 0 unspecified atom stereocenters. The van der Waals surface area contributed by atoms with Crippen molar-refractivity contribution in [2.75, 3.05) is 13.1 Å². The Kier molecular flexibility index (Phi) is 2.99. The maximum Gasteiger partial charge on any atom is 0.306 e. The second-order valence-electron chi connectivity index (χ2n) is 6.49. The van der Waals surface area contributed by atoms with Crippen LogP contribution in [-0.2, 0) is 9.53 Å². The molecule has 92 valence electrons. The van der Waals surface area contributed by atoms with Crippen molar-refractivity contribution in [1.82, 2.24) is 5.32 Å². The molecule has 2 fully saturated rings. The predicted molar refractivity (Wildman–Crippen MR) is 63.1 cm³/mol. The quantitative estimate of drug-likeness (QED) is 0.731. The van der Waals surface area contributed by atoms with Gasteiger partial charge < -0.3 is 10.1 Å². The van der Waals surface area contributed by atoms with Crippen LogP contribution in [-0.4, -0.2) is 24.7 Å². The van der Waals surface area contributed by atoms with Gasteiger partial charge in [-0.05, 0) is 57.9 Å². The lowest BCUT2D eigenvalue weighted by atomic mass is 9.60. The molecule has 3 nitrogen and oxygen atoms in total. The van der Waals surface area contributed by atoms with Crippen molar-refractivity contribution in [3.05, 3.63) is 0 Å². The minimum atomic E-state index is -0.340. The van der Waals surface area contributed by atoms with Gasteiger partial charge in [-0.15, -0.1) is 0 Å². The van der Waals surface area contributed by atoms with Crippen LogP contribution in [0.1, 0.15) is 46.5 Å². The number of rotatable bonds is 2. The smallest absolute Gasteiger partial charge is 0.306 e. The molecule has 0 aromatic heterocycles. The molecule has 1 heterocycles. The first-order valence-electron chi connectivity index (χ1n) is 6.31. The Hall–Kier alpha value is -0.570. The molecule has 3 heteroatoms. The van der Waals surface area contributed by atoms with Crippen molar-refractivity contribution < 1.29 is 9.53 Å². The van der Waals surface area contributed by atoms with Crippen LogP contribution in [0.5, 0.6) is 0 Å². The summed E-state index contributed by atoms with van der Waals surface area (Å²) >= 11 is 0. The lowest BCUT2D eigenvalue weighted by molar-refractivity contribution is -0.157. The van der Waals surface area contributed by atoms with Crippen LogP contribution in [0.25, 0.3) is 0 Å². The summed E-state index contributed by atoms with van der Waals surface area (Å²) in [7, 11) is 0. The third-order valence-electron chi connectivity index (χ3n) is 3.65. The van der Waals surface area contributed by atoms with E-state index < -0.39 is 0 Å². The number of ether oxygens (including phenoxy) is 1. The topological polar surface area (TPSA) is 38.3 Å². The van der Waals surface area contributed by atoms with E-state index in [1.807, 2.05) is 20.8 Å². The Morgan fingerprint density at radius 3 is 2.62 bits per heavy atom. The van der Waals surface area contributed by atoms with Gasteiger partial charge in [0.2, 0.25) is 0 Å². The van der Waals surface area contributed by atoms with E-state index in [0.29, 0.717) is 17.8 Å². The summed E-state index contributed by atoms with van der Waals surface area (Å²) in [6, 6.07) is 0. The Bertz CT molecular complexity index is 266. The molecule has 1 saturated carbocycles. The Labute approximate surface area is 97.9 Å². The van der Waals surface area contributed by atoms with Gasteiger partial charge in [-0.25, -0.2) is 0 Å². The Balaban J connectivity index is 1.71. The van der Waals surface area contributed by atoms with Gasteiger partial charge in [0.25, 0.3) is 0 Å². The number of carbonyl (C=O) groups excluding carboxylic acids is 1. The van der Waals surface area contributed by atoms with Crippen LogP contribution in [0.3, 0.4) is 0 Å². The van der Waals surface area contributed by atoms with Crippen LogP contribution in [0, 0.1) is 11.3 Å². The summed E-state index contributed by atoms with van der Waals surface area (Å²) in [5.74, 6) is 0.535.